The second kappa shape index (κ2) is 7.57. The molecule has 1 aliphatic rings. The molecule has 1 fully saturated rings. The quantitative estimate of drug-likeness (QED) is 0.865. The zero-order chi connectivity index (χ0) is 15.2. The van der Waals surface area contributed by atoms with Gasteiger partial charge in [0.05, 0.1) is 6.67 Å². The van der Waals surface area contributed by atoms with Gasteiger partial charge in [-0.2, -0.15) is 0 Å². The molecule has 0 aromatic heterocycles. The van der Waals surface area contributed by atoms with Crippen LogP contribution in [0.5, 0.6) is 0 Å². The van der Waals surface area contributed by atoms with Crippen LogP contribution in [0.4, 0.5) is 0 Å². The molecule has 1 aromatic carbocycles. The topological polar surface area (TPSA) is 35.6 Å². The molecule has 0 spiro atoms. The van der Waals surface area contributed by atoms with E-state index in [1.165, 1.54) is 11.1 Å². The fraction of sp³-hybridized carbons (Fsp3) is 0.588. The van der Waals surface area contributed by atoms with Gasteiger partial charge in [0, 0.05) is 32.1 Å². The molecule has 1 unspecified atom stereocenters. The molecular weight excluding hydrogens is 262 g/mol. The van der Waals surface area contributed by atoms with Crippen LogP contribution in [0.3, 0.4) is 0 Å². The van der Waals surface area contributed by atoms with E-state index in [2.05, 4.69) is 55.4 Å². The molecule has 0 aliphatic carbocycles. The molecule has 1 amide bonds. The second-order valence-electron chi connectivity index (χ2n) is 6.03. The summed E-state index contributed by atoms with van der Waals surface area (Å²) in [5.74, 6) is 0.272. The minimum atomic E-state index is 0.272. The SMILES string of the molecule is Cc1ccccc1CC(C)N(C)CCN1CNCCC1=O. The van der Waals surface area contributed by atoms with Crippen LogP contribution < -0.4 is 5.32 Å². The van der Waals surface area contributed by atoms with Gasteiger partial charge in [-0.1, -0.05) is 24.3 Å². The molecule has 0 bridgehead atoms. The van der Waals surface area contributed by atoms with Gasteiger partial charge in [0.2, 0.25) is 5.91 Å². The van der Waals surface area contributed by atoms with E-state index in [-0.39, 0.29) is 5.91 Å². The summed E-state index contributed by atoms with van der Waals surface area (Å²) in [7, 11) is 2.14. The minimum absolute atomic E-state index is 0.272. The van der Waals surface area contributed by atoms with Crippen LogP contribution in [0.25, 0.3) is 0 Å². The molecule has 2 rings (SSSR count). The molecule has 1 atom stereocenters. The molecule has 4 nitrogen and oxygen atoms in total. The smallest absolute Gasteiger partial charge is 0.224 e. The average Bonchev–Trinajstić information content (AvgIpc) is 2.48. The largest absolute Gasteiger partial charge is 0.329 e. The second-order valence-corrected chi connectivity index (χ2v) is 6.03. The number of nitrogens with zero attached hydrogens (tertiary/aromatic N) is 2. The average molecular weight is 289 g/mol. The van der Waals surface area contributed by atoms with Gasteiger partial charge < -0.3 is 9.80 Å². The molecule has 1 aliphatic heterocycles. The number of hydrogen-bond donors (Lipinski definition) is 1. The van der Waals surface area contributed by atoms with Crippen molar-refractivity contribution in [1.82, 2.24) is 15.1 Å². The van der Waals surface area contributed by atoms with Crippen molar-refractivity contribution in [2.75, 3.05) is 33.4 Å². The van der Waals surface area contributed by atoms with Crippen LogP contribution in [0.2, 0.25) is 0 Å². The van der Waals surface area contributed by atoms with Crippen LogP contribution in [0.15, 0.2) is 24.3 Å². The summed E-state index contributed by atoms with van der Waals surface area (Å²) in [4.78, 5) is 16.0. The van der Waals surface area contributed by atoms with E-state index < -0.39 is 0 Å². The third-order valence-electron chi connectivity index (χ3n) is 4.42. The summed E-state index contributed by atoms with van der Waals surface area (Å²) in [5, 5.41) is 3.25. The Bertz CT molecular complexity index is 475. The first-order valence-corrected chi connectivity index (χ1v) is 7.81. The number of benzene rings is 1. The van der Waals surface area contributed by atoms with Crippen molar-refractivity contribution in [2.24, 2.45) is 0 Å². The Morgan fingerprint density at radius 2 is 2.14 bits per heavy atom. The van der Waals surface area contributed by atoms with E-state index >= 15 is 0 Å². The first-order chi connectivity index (χ1) is 10.1. The van der Waals surface area contributed by atoms with Crippen molar-refractivity contribution in [1.29, 1.82) is 0 Å². The van der Waals surface area contributed by atoms with Gasteiger partial charge in [-0.15, -0.1) is 0 Å². The van der Waals surface area contributed by atoms with Crippen LogP contribution >= 0.6 is 0 Å². The van der Waals surface area contributed by atoms with Gasteiger partial charge in [-0.25, -0.2) is 0 Å². The summed E-state index contributed by atoms with van der Waals surface area (Å²) < 4.78 is 0. The zero-order valence-electron chi connectivity index (χ0n) is 13.4. The maximum atomic E-state index is 11.8. The predicted molar refractivity (Wildman–Crippen MR) is 86.2 cm³/mol. The Labute approximate surface area is 128 Å². The van der Waals surface area contributed by atoms with Crippen molar-refractivity contribution in [2.45, 2.75) is 32.7 Å². The summed E-state index contributed by atoms with van der Waals surface area (Å²) in [6, 6.07) is 9.03. The van der Waals surface area contributed by atoms with Gasteiger partial charge in [-0.05, 0) is 38.4 Å². The molecule has 0 radical (unpaired) electrons. The summed E-state index contributed by atoms with van der Waals surface area (Å²) in [6.45, 7) is 7.65. The van der Waals surface area contributed by atoms with E-state index in [0.29, 0.717) is 19.1 Å². The molecule has 1 aromatic rings. The summed E-state index contributed by atoms with van der Waals surface area (Å²) in [6.07, 6.45) is 1.68. The highest BCUT2D eigenvalue weighted by Gasteiger charge is 2.18. The number of carbonyl (C=O) groups is 1. The zero-order valence-corrected chi connectivity index (χ0v) is 13.4. The first-order valence-electron chi connectivity index (χ1n) is 7.81. The molecule has 21 heavy (non-hydrogen) atoms. The van der Waals surface area contributed by atoms with Gasteiger partial charge in [0.25, 0.3) is 0 Å². The standard InChI is InChI=1S/C17H27N3O/c1-14-6-4-5-7-16(14)12-15(2)19(3)10-11-20-13-18-9-8-17(20)21/h4-7,15,18H,8-13H2,1-3H3. The van der Waals surface area contributed by atoms with Gasteiger partial charge in [-0.3, -0.25) is 10.1 Å². The summed E-state index contributed by atoms with van der Waals surface area (Å²) in [5.41, 5.74) is 2.76. The predicted octanol–water partition coefficient (Wildman–Crippen LogP) is 1.64. The third-order valence-corrected chi connectivity index (χ3v) is 4.42. The van der Waals surface area contributed by atoms with Crippen molar-refractivity contribution in [3.05, 3.63) is 35.4 Å². The molecule has 1 N–H and O–H groups in total. The number of likely N-dealkylation sites (N-methyl/N-ethyl adjacent to an activating group) is 1. The fourth-order valence-corrected chi connectivity index (χ4v) is 2.67. The Hall–Kier alpha value is -1.39. The highest BCUT2D eigenvalue weighted by molar-refractivity contribution is 5.76. The molecule has 0 saturated carbocycles. The maximum absolute atomic E-state index is 11.8. The summed E-state index contributed by atoms with van der Waals surface area (Å²) >= 11 is 0. The number of nitrogens with one attached hydrogen (secondary N) is 1. The lowest BCUT2D eigenvalue weighted by Crippen LogP contribution is -2.48. The van der Waals surface area contributed by atoms with E-state index in [0.717, 1.165) is 26.1 Å². The third kappa shape index (κ3) is 4.55. The highest BCUT2D eigenvalue weighted by atomic mass is 16.2. The Kier molecular flexibility index (Phi) is 5.76. The fourth-order valence-electron chi connectivity index (χ4n) is 2.67. The van der Waals surface area contributed by atoms with Gasteiger partial charge >= 0.3 is 0 Å². The first kappa shape index (κ1) is 16.0. The van der Waals surface area contributed by atoms with Crippen molar-refractivity contribution < 1.29 is 4.79 Å². The number of aryl methyl sites for hydroxylation is 1. The molecule has 4 heteroatoms. The lowest BCUT2D eigenvalue weighted by Gasteiger charge is -2.31. The van der Waals surface area contributed by atoms with E-state index in [1.807, 2.05) is 4.90 Å². The van der Waals surface area contributed by atoms with Crippen molar-refractivity contribution >= 4 is 5.91 Å². The maximum Gasteiger partial charge on any atom is 0.224 e. The van der Waals surface area contributed by atoms with Gasteiger partial charge in [0.15, 0.2) is 0 Å². The van der Waals surface area contributed by atoms with Crippen LogP contribution in [0.1, 0.15) is 24.5 Å². The molecular formula is C17H27N3O. The number of rotatable bonds is 6. The lowest BCUT2D eigenvalue weighted by molar-refractivity contribution is -0.133. The molecule has 116 valence electrons. The van der Waals surface area contributed by atoms with Crippen molar-refractivity contribution in [3.63, 3.8) is 0 Å². The van der Waals surface area contributed by atoms with E-state index in [9.17, 15) is 4.79 Å². The molecule has 1 saturated heterocycles. The lowest BCUT2D eigenvalue weighted by atomic mass is 10.0. The van der Waals surface area contributed by atoms with Crippen molar-refractivity contribution in [3.8, 4) is 0 Å². The normalized spacial score (nSPS) is 17.3. The van der Waals surface area contributed by atoms with Crippen LogP contribution in [-0.2, 0) is 11.2 Å². The van der Waals surface area contributed by atoms with E-state index in [1.54, 1.807) is 0 Å². The highest BCUT2D eigenvalue weighted by Crippen LogP contribution is 2.12. The Morgan fingerprint density at radius 3 is 2.86 bits per heavy atom. The number of amides is 1. The minimum Gasteiger partial charge on any atom is -0.329 e. The monoisotopic (exact) mass is 289 g/mol. The Balaban J connectivity index is 1.81. The van der Waals surface area contributed by atoms with E-state index in [4.69, 9.17) is 0 Å². The molecule has 1 heterocycles. The number of carbonyl (C=O) groups excluding carboxylic acids is 1. The van der Waals surface area contributed by atoms with Crippen LogP contribution in [0, 0.1) is 6.92 Å². The van der Waals surface area contributed by atoms with Crippen LogP contribution in [-0.4, -0.2) is 55.1 Å². The Morgan fingerprint density at radius 1 is 1.38 bits per heavy atom. The van der Waals surface area contributed by atoms with Gasteiger partial charge in [0.1, 0.15) is 0 Å². The number of hydrogen-bond acceptors (Lipinski definition) is 3.